The summed E-state index contributed by atoms with van der Waals surface area (Å²) in [5.74, 6) is 0. The van der Waals surface area contributed by atoms with Gasteiger partial charge in [-0.3, -0.25) is 9.36 Å². The van der Waals surface area contributed by atoms with Crippen molar-refractivity contribution in [1.82, 2.24) is 9.55 Å². The zero-order chi connectivity index (χ0) is 14.3. The molecule has 0 spiro atoms. The molecule has 3 aromatic heterocycles. The minimum Gasteiger partial charge on any atom is -0.331 e. The van der Waals surface area contributed by atoms with Gasteiger partial charge in [0.15, 0.2) is 4.77 Å². The number of aromatic amines is 1. The van der Waals surface area contributed by atoms with Crippen LogP contribution < -0.4 is 5.56 Å². The molecule has 0 aliphatic heterocycles. The number of H-pyrrole nitrogens is 1. The maximum atomic E-state index is 12.5. The number of fused-ring (bicyclic) bond motifs is 1. The van der Waals surface area contributed by atoms with Crippen LogP contribution in [0.3, 0.4) is 0 Å². The minimum atomic E-state index is 0.0135. The second-order valence-corrected chi connectivity index (χ2v) is 7.51. The second kappa shape index (κ2) is 5.27. The Labute approximate surface area is 129 Å². The molecule has 1 N–H and O–H groups in total. The monoisotopic (exact) mass is 322 g/mol. The van der Waals surface area contributed by atoms with Crippen molar-refractivity contribution in [2.24, 2.45) is 0 Å². The topological polar surface area (TPSA) is 37.8 Å². The highest BCUT2D eigenvalue weighted by molar-refractivity contribution is 7.71. The lowest BCUT2D eigenvalue weighted by molar-refractivity contribution is 0.520. The molecule has 0 saturated heterocycles. The minimum absolute atomic E-state index is 0.0135. The van der Waals surface area contributed by atoms with Gasteiger partial charge in [-0.25, -0.2) is 0 Å². The van der Waals surface area contributed by atoms with Crippen molar-refractivity contribution >= 4 is 45.1 Å². The first-order valence-electron chi connectivity index (χ1n) is 6.33. The van der Waals surface area contributed by atoms with Crippen LogP contribution in [0.1, 0.15) is 22.7 Å². The van der Waals surface area contributed by atoms with Crippen molar-refractivity contribution < 1.29 is 0 Å². The quantitative estimate of drug-likeness (QED) is 0.730. The van der Waals surface area contributed by atoms with Gasteiger partial charge >= 0.3 is 0 Å². The highest BCUT2D eigenvalue weighted by Crippen LogP contribution is 2.22. The van der Waals surface area contributed by atoms with Crippen LogP contribution in [-0.2, 0) is 6.42 Å². The molecule has 0 aliphatic rings. The van der Waals surface area contributed by atoms with Crippen molar-refractivity contribution in [1.29, 1.82) is 0 Å². The average Bonchev–Trinajstić information content (AvgIpc) is 2.98. The molecule has 3 rings (SSSR count). The predicted molar refractivity (Wildman–Crippen MR) is 88.7 cm³/mol. The van der Waals surface area contributed by atoms with Gasteiger partial charge in [0.25, 0.3) is 5.56 Å². The van der Waals surface area contributed by atoms with Gasteiger partial charge in [-0.1, -0.05) is 0 Å². The molecule has 104 valence electrons. The van der Waals surface area contributed by atoms with E-state index in [2.05, 4.69) is 24.0 Å². The van der Waals surface area contributed by atoms with E-state index >= 15 is 0 Å². The van der Waals surface area contributed by atoms with Crippen LogP contribution in [0.15, 0.2) is 28.4 Å². The highest BCUT2D eigenvalue weighted by Gasteiger charge is 2.13. The zero-order valence-corrected chi connectivity index (χ0v) is 13.6. The molecule has 20 heavy (non-hydrogen) atoms. The maximum Gasteiger partial charge on any atom is 0.272 e. The molecule has 1 unspecified atom stereocenters. The summed E-state index contributed by atoms with van der Waals surface area (Å²) >= 11 is 8.57. The van der Waals surface area contributed by atoms with Gasteiger partial charge in [-0.2, -0.15) is 0 Å². The zero-order valence-electron chi connectivity index (χ0n) is 11.2. The number of nitrogens with one attached hydrogen (secondary N) is 1. The van der Waals surface area contributed by atoms with Gasteiger partial charge in [0.05, 0.1) is 5.52 Å². The SMILES string of the molecule is Cc1ccc(CC(C)n2c(=S)[nH]c3ccsc3c2=O)s1. The molecule has 3 aromatic rings. The van der Waals surface area contributed by atoms with Crippen LogP contribution in [0.5, 0.6) is 0 Å². The summed E-state index contributed by atoms with van der Waals surface area (Å²) < 4.78 is 2.94. The fourth-order valence-electron chi connectivity index (χ4n) is 2.33. The van der Waals surface area contributed by atoms with E-state index in [1.807, 2.05) is 18.4 Å². The number of aryl methyl sites for hydroxylation is 1. The van der Waals surface area contributed by atoms with E-state index in [9.17, 15) is 4.79 Å². The molecule has 0 amide bonds. The molecule has 1 atom stereocenters. The number of thiophene rings is 2. The van der Waals surface area contributed by atoms with Crippen molar-refractivity contribution in [2.75, 3.05) is 0 Å². The molecule has 0 fully saturated rings. The van der Waals surface area contributed by atoms with Crippen molar-refractivity contribution in [3.05, 3.63) is 48.5 Å². The number of hydrogen-bond acceptors (Lipinski definition) is 4. The van der Waals surface area contributed by atoms with Gasteiger partial charge < -0.3 is 4.98 Å². The molecule has 0 saturated carbocycles. The van der Waals surface area contributed by atoms with Gasteiger partial charge in [0.2, 0.25) is 0 Å². The summed E-state index contributed by atoms with van der Waals surface area (Å²) in [5.41, 5.74) is 0.847. The molecule has 0 radical (unpaired) electrons. The van der Waals surface area contributed by atoms with Gasteiger partial charge in [-0.15, -0.1) is 22.7 Å². The summed E-state index contributed by atoms with van der Waals surface area (Å²) in [5, 5.41) is 1.91. The van der Waals surface area contributed by atoms with Crippen LogP contribution in [0.4, 0.5) is 0 Å². The van der Waals surface area contributed by atoms with E-state index < -0.39 is 0 Å². The molecular weight excluding hydrogens is 308 g/mol. The van der Waals surface area contributed by atoms with Gasteiger partial charge in [-0.05, 0) is 49.6 Å². The molecule has 0 aromatic carbocycles. The third-order valence-corrected chi connectivity index (χ3v) is 5.50. The summed E-state index contributed by atoms with van der Waals surface area (Å²) in [4.78, 5) is 18.3. The van der Waals surface area contributed by atoms with Crippen LogP contribution in [0, 0.1) is 11.7 Å². The lowest BCUT2D eigenvalue weighted by atomic mass is 10.2. The van der Waals surface area contributed by atoms with E-state index in [0.29, 0.717) is 4.77 Å². The summed E-state index contributed by atoms with van der Waals surface area (Å²) in [6, 6.07) is 6.18. The fourth-order valence-corrected chi connectivity index (χ4v) is 4.50. The molecule has 0 aliphatic carbocycles. The Morgan fingerprint density at radius 3 is 2.90 bits per heavy atom. The van der Waals surface area contributed by atoms with Crippen LogP contribution in [0.2, 0.25) is 0 Å². The summed E-state index contributed by atoms with van der Waals surface area (Å²) in [6.07, 6.45) is 0.826. The Morgan fingerprint density at radius 1 is 1.40 bits per heavy atom. The third kappa shape index (κ3) is 2.39. The van der Waals surface area contributed by atoms with E-state index in [0.717, 1.165) is 16.6 Å². The summed E-state index contributed by atoms with van der Waals surface area (Å²) in [6.45, 7) is 4.13. The fraction of sp³-hybridized carbons (Fsp3) is 0.286. The van der Waals surface area contributed by atoms with Crippen LogP contribution in [0.25, 0.3) is 10.2 Å². The van der Waals surface area contributed by atoms with Gasteiger partial charge in [0.1, 0.15) is 4.70 Å². The summed E-state index contributed by atoms with van der Waals surface area (Å²) in [7, 11) is 0. The van der Waals surface area contributed by atoms with E-state index in [4.69, 9.17) is 12.2 Å². The van der Waals surface area contributed by atoms with E-state index in [1.165, 1.54) is 21.1 Å². The van der Waals surface area contributed by atoms with Crippen molar-refractivity contribution in [3.63, 3.8) is 0 Å². The second-order valence-electron chi connectivity index (χ2n) is 4.83. The first-order valence-corrected chi connectivity index (χ1v) is 8.44. The smallest absolute Gasteiger partial charge is 0.272 e. The van der Waals surface area contributed by atoms with Gasteiger partial charge in [0, 0.05) is 22.2 Å². The Hall–Kier alpha value is -1.24. The van der Waals surface area contributed by atoms with Crippen molar-refractivity contribution in [3.8, 4) is 0 Å². The number of rotatable bonds is 3. The van der Waals surface area contributed by atoms with Crippen LogP contribution >= 0.6 is 34.9 Å². The molecule has 3 nitrogen and oxygen atoms in total. The Morgan fingerprint density at radius 2 is 2.20 bits per heavy atom. The third-order valence-electron chi connectivity index (χ3n) is 3.27. The normalized spacial score (nSPS) is 12.9. The number of hydrogen-bond donors (Lipinski definition) is 1. The lowest BCUT2D eigenvalue weighted by Gasteiger charge is -2.14. The predicted octanol–water partition coefficient (Wildman–Crippen LogP) is 4.29. The maximum absolute atomic E-state index is 12.5. The van der Waals surface area contributed by atoms with Crippen molar-refractivity contribution in [2.45, 2.75) is 26.3 Å². The molecule has 0 bridgehead atoms. The first kappa shape index (κ1) is 13.7. The average molecular weight is 322 g/mol. The standard InChI is InChI=1S/C14H14N2OS3/c1-8(7-10-4-3-9(2)20-10)16-13(17)12-11(5-6-19-12)15-14(16)18/h3-6,8H,7H2,1-2H3,(H,15,18). The van der Waals surface area contributed by atoms with E-state index in [1.54, 1.807) is 15.9 Å². The molecular formula is C14H14N2OS3. The Balaban J connectivity index is 2.05. The molecule has 3 heterocycles. The molecule has 6 heteroatoms. The van der Waals surface area contributed by atoms with E-state index in [-0.39, 0.29) is 11.6 Å². The first-order chi connectivity index (χ1) is 9.56. The highest BCUT2D eigenvalue weighted by atomic mass is 32.1. The Bertz CT molecular complexity index is 868. The number of nitrogens with zero attached hydrogens (tertiary/aromatic N) is 1. The lowest BCUT2D eigenvalue weighted by Crippen LogP contribution is -2.25. The number of aromatic nitrogens is 2. The van der Waals surface area contributed by atoms with Crippen LogP contribution in [-0.4, -0.2) is 9.55 Å². The Kier molecular flexibility index (Phi) is 3.62. The largest absolute Gasteiger partial charge is 0.331 e.